The van der Waals surface area contributed by atoms with Crippen LogP contribution in [0.15, 0.2) is 0 Å². The SMILES string of the molecule is CCCCCCCCCCC(NCC)C1CCC(C)CC1. The molecule has 0 aromatic heterocycles. The zero-order valence-corrected chi connectivity index (χ0v) is 15.1. The van der Waals surface area contributed by atoms with E-state index in [2.05, 4.69) is 26.1 Å². The van der Waals surface area contributed by atoms with Gasteiger partial charge in [0, 0.05) is 6.04 Å². The molecule has 1 atom stereocenters. The minimum absolute atomic E-state index is 0.808. The molecule has 0 aromatic carbocycles. The quantitative estimate of drug-likeness (QED) is 0.415. The van der Waals surface area contributed by atoms with Gasteiger partial charge in [-0.15, -0.1) is 0 Å². The van der Waals surface area contributed by atoms with Gasteiger partial charge in [-0.1, -0.05) is 85.0 Å². The molecular formula is C20H41N. The fourth-order valence-electron chi connectivity index (χ4n) is 3.95. The monoisotopic (exact) mass is 295 g/mol. The maximum absolute atomic E-state index is 3.79. The average molecular weight is 296 g/mol. The minimum Gasteiger partial charge on any atom is -0.314 e. The molecule has 1 aliphatic rings. The summed E-state index contributed by atoms with van der Waals surface area (Å²) in [6.45, 7) is 8.14. The Morgan fingerprint density at radius 2 is 1.38 bits per heavy atom. The molecule has 0 bridgehead atoms. The summed E-state index contributed by atoms with van der Waals surface area (Å²) in [6, 6.07) is 0.808. The molecule has 1 unspecified atom stereocenters. The molecule has 0 aromatic rings. The lowest BCUT2D eigenvalue weighted by atomic mass is 9.78. The lowest BCUT2D eigenvalue weighted by molar-refractivity contribution is 0.221. The van der Waals surface area contributed by atoms with Gasteiger partial charge in [-0.2, -0.15) is 0 Å². The van der Waals surface area contributed by atoms with Crippen LogP contribution in [-0.2, 0) is 0 Å². The average Bonchev–Trinajstić information content (AvgIpc) is 2.50. The molecule has 1 aliphatic carbocycles. The fraction of sp³-hybridized carbons (Fsp3) is 1.00. The smallest absolute Gasteiger partial charge is 0.00952 e. The third-order valence-corrected chi connectivity index (χ3v) is 5.46. The van der Waals surface area contributed by atoms with Crippen molar-refractivity contribution in [3.05, 3.63) is 0 Å². The van der Waals surface area contributed by atoms with Crippen molar-refractivity contribution in [1.82, 2.24) is 5.32 Å². The lowest BCUT2D eigenvalue weighted by Crippen LogP contribution is -2.37. The molecule has 21 heavy (non-hydrogen) atoms. The second-order valence-electron chi connectivity index (χ2n) is 7.45. The van der Waals surface area contributed by atoms with E-state index in [1.165, 1.54) is 83.5 Å². The van der Waals surface area contributed by atoms with Crippen molar-refractivity contribution in [2.75, 3.05) is 6.54 Å². The van der Waals surface area contributed by atoms with Crippen LogP contribution in [-0.4, -0.2) is 12.6 Å². The van der Waals surface area contributed by atoms with E-state index in [9.17, 15) is 0 Å². The second kappa shape index (κ2) is 12.5. The number of nitrogens with one attached hydrogen (secondary N) is 1. The first-order valence-electron chi connectivity index (χ1n) is 10.0. The number of rotatable bonds is 12. The van der Waals surface area contributed by atoms with Crippen molar-refractivity contribution in [2.45, 2.75) is 110 Å². The van der Waals surface area contributed by atoms with Gasteiger partial charge < -0.3 is 5.32 Å². The van der Waals surface area contributed by atoms with Gasteiger partial charge in [0.25, 0.3) is 0 Å². The molecule has 1 heteroatoms. The molecule has 0 saturated heterocycles. The van der Waals surface area contributed by atoms with Crippen molar-refractivity contribution >= 4 is 0 Å². The van der Waals surface area contributed by atoms with Crippen LogP contribution < -0.4 is 5.32 Å². The highest BCUT2D eigenvalue weighted by Crippen LogP contribution is 2.32. The zero-order chi connectivity index (χ0) is 15.3. The molecule has 0 spiro atoms. The van der Waals surface area contributed by atoms with Gasteiger partial charge in [0.05, 0.1) is 0 Å². The Labute approximate surface area is 134 Å². The number of unbranched alkanes of at least 4 members (excludes halogenated alkanes) is 7. The molecule has 126 valence electrons. The summed E-state index contributed by atoms with van der Waals surface area (Å²) in [5.74, 6) is 1.94. The predicted molar refractivity (Wildman–Crippen MR) is 95.8 cm³/mol. The second-order valence-corrected chi connectivity index (χ2v) is 7.45. The van der Waals surface area contributed by atoms with Crippen LogP contribution in [0.1, 0.15) is 104 Å². The van der Waals surface area contributed by atoms with E-state index >= 15 is 0 Å². The highest BCUT2D eigenvalue weighted by Gasteiger charge is 2.24. The molecule has 0 amide bonds. The Kier molecular flexibility index (Phi) is 11.3. The molecule has 1 rings (SSSR count). The van der Waals surface area contributed by atoms with E-state index in [4.69, 9.17) is 0 Å². The lowest BCUT2D eigenvalue weighted by Gasteiger charge is -2.33. The summed E-state index contributed by atoms with van der Waals surface area (Å²) >= 11 is 0. The largest absolute Gasteiger partial charge is 0.314 e. The highest BCUT2D eigenvalue weighted by atomic mass is 14.9. The van der Waals surface area contributed by atoms with Gasteiger partial charge in [-0.05, 0) is 37.6 Å². The zero-order valence-electron chi connectivity index (χ0n) is 15.1. The van der Waals surface area contributed by atoms with E-state index in [0.29, 0.717) is 0 Å². The third kappa shape index (κ3) is 8.86. The Morgan fingerprint density at radius 1 is 0.810 bits per heavy atom. The Balaban J connectivity index is 2.08. The minimum atomic E-state index is 0.808. The normalized spacial score (nSPS) is 24.1. The molecule has 1 N–H and O–H groups in total. The number of hydrogen-bond acceptors (Lipinski definition) is 1. The maximum atomic E-state index is 3.79. The standard InChI is InChI=1S/C20H41N/c1-4-6-7-8-9-10-11-12-13-20(21-5-2)19-16-14-18(3)15-17-19/h18-21H,4-17H2,1-3H3. The van der Waals surface area contributed by atoms with E-state index in [1.54, 1.807) is 0 Å². The Morgan fingerprint density at radius 3 is 1.95 bits per heavy atom. The summed E-state index contributed by atoms with van der Waals surface area (Å²) in [4.78, 5) is 0. The summed E-state index contributed by atoms with van der Waals surface area (Å²) in [5, 5.41) is 3.79. The van der Waals surface area contributed by atoms with Crippen LogP contribution in [0.3, 0.4) is 0 Å². The van der Waals surface area contributed by atoms with E-state index in [0.717, 1.165) is 24.4 Å². The van der Waals surface area contributed by atoms with Gasteiger partial charge in [-0.3, -0.25) is 0 Å². The van der Waals surface area contributed by atoms with Crippen LogP contribution >= 0.6 is 0 Å². The van der Waals surface area contributed by atoms with Crippen molar-refractivity contribution in [3.8, 4) is 0 Å². The van der Waals surface area contributed by atoms with Gasteiger partial charge in [-0.25, -0.2) is 0 Å². The summed E-state index contributed by atoms with van der Waals surface area (Å²) < 4.78 is 0. The van der Waals surface area contributed by atoms with Gasteiger partial charge in [0.15, 0.2) is 0 Å². The van der Waals surface area contributed by atoms with Crippen molar-refractivity contribution in [1.29, 1.82) is 0 Å². The topological polar surface area (TPSA) is 12.0 Å². The number of hydrogen-bond donors (Lipinski definition) is 1. The van der Waals surface area contributed by atoms with Crippen molar-refractivity contribution in [2.24, 2.45) is 11.8 Å². The maximum Gasteiger partial charge on any atom is 0.00952 e. The first-order chi connectivity index (χ1) is 10.3. The summed E-state index contributed by atoms with van der Waals surface area (Å²) in [7, 11) is 0. The summed E-state index contributed by atoms with van der Waals surface area (Å²) in [5.41, 5.74) is 0. The van der Waals surface area contributed by atoms with Crippen LogP contribution in [0.5, 0.6) is 0 Å². The summed E-state index contributed by atoms with van der Waals surface area (Å²) in [6.07, 6.45) is 18.8. The first-order valence-corrected chi connectivity index (χ1v) is 10.0. The van der Waals surface area contributed by atoms with Crippen molar-refractivity contribution in [3.63, 3.8) is 0 Å². The molecular weight excluding hydrogens is 254 g/mol. The fourth-order valence-corrected chi connectivity index (χ4v) is 3.95. The van der Waals surface area contributed by atoms with E-state index in [-0.39, 0.29) is 0 Å². The third-order valence-electron chi connectivity index (χ3n) is 5.46. The van der Waals surface area contributed by atoms with Gasteiger partial charge in [0.2, 0.25) is 0 Å². The molecule has 0 radical (unpaired) electrons. The molecule has 0 heterocycles. The van der Waals surface area contributed by atoms with Crippen LogP contribution in [0.4, 0.5) is 0 Å². The highest BCUT2D eigenvalue weighted by molar-refractivity contribution is 4.80. The molecule has 1 nitrogen and oxygen atoms in total. The Hall–Kier alpha value is -0.0400. The van der Waals surface area contributed by atoms with E-state index in [1.807, 2.05) is 0 Å². The van der Waals surface area contributed by atoms with Crippen LogP contribution in [0.2, 0.25) is 0 Å². The van der Waals surface area contributed by atoms with Crippen molar-refractivity contribution < 1.29 is 0 Å². The molecule has 1 fully saturated rings. The molecule has 1 saturated carbocycles. The van der Waals surface area contributed by atoms with Crippen LogP contribution in [0, 0.1) is 11.8 Å². The predicted octanol–water partition coefficient (Wildman–Crippen LogP) is 6.32. The van der Waals surface area contributed by atoms with Gasteiger partial charge >= 0.3 is 0 Å². The van der Waals surface area contributed by atoms with Crippen LogP contribution in [0.25, 0.3) is 0 Å². The van der Waals surface area contributed by atoms with E-state index < -0.39 is 0 Å². The Bertz CT molecular complexity index is 218. The first kappa shape index (κ1) is 19.0. The van der Waals surface area contributed by atoms with Gasteiger partial charge in [0.1, 0.15) is 0 Å². The molecule has 0 aliphatic heterocycles.